The van der Waals surface area contributed by atoms with Gasteiger partial charge in [-0.3, -0.25) is 9.69 Å². The Kier molecular flexibility index (Phi) is 4.81. The Balaban J connectivity index is 1.76. The van der Waals surface area contributed by atoms with Crippen molar-refractivity contribution in [2.45, 2.75) is 45.1 Å². The van der Waals surface area contributed by atoms with Crippen molar-refractivity contribution in [1.82, 2.24) is 9.88 Å². The van der Waals surface area contributed by atoms with Gasteiger partial charge in [0.15, 0.2) is 0 Å². The number of hydrogen-bond donors (Lipinski definition) is 1. The highest BCUT2D eigenvalue weighted by Gasteiger charge is 2.29. The lowest BCUT2D eigenvalue weighted by atomic mass is 10.0. The van der Waals surface area contributed by atoms with Gasteiger partial charge < -0.3 is 10.6 Å². The SMILES string of the molecule is Cc1c(C(N)=O)c(N2CCCCC(N3CCCC3)C2)nc2ccccc12. The van der Waals surface area contributed by atoms with Gasteiger partial charge in [-0.2, -0.15) is 0 Å². The molecule has 0 saturated carbocycles. The number of nitrogens with zero attached hydrogens (tertiary/aromatic N) is 3. The van der Waals surface area contributed by atoms with Crippen LogP contribution in [0.1, 0.15) is 48.0 Å². The molecule has 1 atom stereocenters. The van der Waals surface area contributed by atoms with E-state index in [1.54, 1.807) is 0 Å². The molecular weight excluding hydrogens is 324 g/mol. The molecule has 26 heavy (non-hydrogen) atoms. The van der Waals surface area contributed by atoms with Crippen LogP contribution in [0.3, 0.4) is 0 Å². The van der Waals surface area contributed by atoms with Crippen molar-refractivity contribution in [2.24, 2.45) is 5.73 Å². The molecule has 5 heteroatoms. The maximum Gasteiger partial charge on any atom is 0.252 e. The van der Waals surface area contributed by atoms with E-state index in [4.69, 9.17) is 10.7 Å². The van der Waals surface area contributed by atoms with Crippen LogP contribution in [0.4, 0.5) is 5.82 Å². The third-order valence-corrected chi connectivity index (χ3v) is 5.98. The van der Waals surface area contributed by atoms with Crippen LogP contribution >= 0.6 is 0 Å². The normalized spacial score (nSPS) is 21.9. The Morgan fingerprint density at radius 1 is 1.12 bits per heavy atom. The van der Waals surface area contributed by atoms with E-state index in [1.165, 1.54) is 38.8 Å². The average Bonchev–Trinajstić information content (AvgIpc) is 3.06. The number of aromatic nitrogens is 1. The molecule has 0 aliphatic carbocycles. The van der Waals surface area contributed by atoms with Crippen LogP contribution in [-0.4, -0.2) is 48.0 Å². The van der Waals surface area contributed by atoms with E-state index >= 15 is 0 Å². The summed E-state index contributed by atoms with van der Waals surface area (Å²) in [6.07, 6.45) is 6.20. The number of carbonyl (C=O) groups excluding carboxylic acids is 1. The molecule has 2 N–H and O–H groups in total. The largest absolute Gasteiger partial charge is 0.365 e. The van der Waals surface area contributed by atoms with Crippen molar-refractivity contribution in [3.05, 3.63) is 35.4 Å². The summed E-state index contributed by atoms with van der Waals surface area (Å²) < 4.78 is 0. The molecule has 0 spiro atoms. The molecule has 138 valence electrons. The molecule has 2 aliphatic rings. The summed E-state index contributed by atoms with van der Waals surface area (Å²) in [5.41, 5.74) is 8.26. The van der Waals surface area contributed by atoms with Gasteiger partial charge in [0.05, 0.1) is 11.1 Å². The number of nitrogens with two attached hydrogens (primary N) is 1. The summed E-state index contributed by atoms with van der Waals surface area (Å²) >= 11 is 0. The fourth-order valence-corrected chi connectivity index (χ4v) is 4.60. The molecule has 0 bridgehead atoms. The third kappa shape index (κ3) is 3.16. The monoisotopic (exact) mass is 352 g/mol. The zero-order valence-corrected chi connectivity index (χ0v) is 15.6. The van der Waals surface area contributed by atoms with Gasteiger partial charge in [0.25, 0.3) is 5.91 Å². The minimum Gasteiger partial charge on any atom is -0.365 e. The van der Waals surface area contributed by atoms with E-state index < -0.39 is 0 Å². The Hall–Kier alpha value is -2.14. The molecule has 0 radical (unpaired) electrons. The summed E-state index contributed by atoms with van der Waals surface area (Å²) in [5.74, 6) is 0.400. The van der Waals surface area contributed by atoms with Crippen molar-refractivity contribution in [3.63, 3.8) is 0 Å². The molecule has 4 rings (SSSR count). The number of benzene rings is 1. The van der Waals surface area contributed by atoms with Crippen LogP contribution in [0.2, 0.25) is 0 Å². The summed E-state index contributed by atoms with van der Waals surface area (Å²) in [6, 6.07) is 8.57. The fourth-order valence-electron chi connectivity index (χ4n) is 4.60. The Bertz CT molecular complexity index is 813. The van der Waals surface area contributed by atoms with Gasteiger partial charge in [0.2, 0.25) is 0 Å². The highest BCUT2D eigenvalue weighted by Crippen LogP contribution is 2.30. The molecule has 2 aromatic rings. The van der Waals surface area contributed by atoms with E-state index in [9.17, 15) is 4.79 Å². The molecule has 3 heterocycles. The van der Waals surface area contributed by atoms with Crippen LogP contribution < -0.4 is 10.6 Å². The summed E-state index contributed by atoms with van der Waals surface area (Å²) in [4.78, 5) is 22.1. The summed E-state index contributed by atoms with van der Waals surface area (Å²) in [7, 11) is 0. The first-order valence-electron chi connectivity index (χ1n) is 9.83. The first-order chi connectivity index (χ1) is 12.6. The fraction of sp³-hybridized carbons (Fsp3) is 0.524. The second-order valence-electron chi connectivity index (χ2n) is 7.66. The molecule has 1 aromatic carbocycles. The van der Waals surface area contributed by atoms with Crippen LogP contribution in [-0.2, 0) is 0 Å². The van der Waals surface area contributed by atoms with E-state index in [0.29, 0.717) is 11.6 Å². The number of likely N-dealkylation sites (tertiary alicyclic amines) is 1. The predicted molar refractivity (Wildman–Crippen MR) is 106 cm³/mol. The number of fused-ring (bicyclic) bond motifs is 1. The predicted octanol–water partition coefficient (Wildman–Crippen LogP) is 3.10. The van der Waals surface area contributed by atoms with Crippen molar-refractivity contribution in [3.8, 4) is 0 Å². The summed E-state index contributed by atoms with van der Waals surface area (Å²) in [6.45, 7) is 6.26. The number of anilines is 1. The van der Waals surface area contributed by atoms with Gasteiger partial charge in [-0.25, -0.2) is 4.98 Å². The number of amides is 1. The van der Waals surface area contributed by atoms with Gasteiger partial charge in [-0.05, 0) is 57.3 Å². The lowest BCUT2D eigenvalue weighted by Crippen LogP contribution is -2.42. The van der Waals surface area contributed by atoms with Crippen molar-refractivity contribution < 1.29 is 4.79 Å². The van der Waals surface area contributed by atoms with Crippen LogP contribution in [0.5, 0.6) is 0 Å². The van der Waals surface area contributed by atoms with E-state index in [0.717, 1.165) is 41.8 Å². The average molecular weight is 352 g/mol. The van der Waals surface area contributed by atoms with Gasteiger partial charge in [-0.1, -0.05) is 24.6 Å². The number of rotatable bonds is 3. The van der Waals surface area contributed by atoms with Crippen molar-refractivity contribution >= 4 is 22.6 Å². The van der Waals surface area contributed by atoms with Gasteiger partial charge >= 0.3 is 0 Å². The first kappa shape index (κ1) is 17.3. The second kappa shape index (κ2) is 7.23. The van der Waals surface area contributed by atoms with Gasteiger partial charge in [0.1, 0.15) is 5.82 Å². The smallest absolute Gasteiger partial charge is 0.252 e. The van der Waals surface area contributed by atoms with E-state index in [1.807, 2.05) is 31.2 Å². The van der Waals surface area contributed by atoms with Gasteiger partial charge in [0, 0.05) is 24.5 Å². The third-order valence-electron chi connectivity index (χ3n) is 5.98. The maximum atomic E-state index is 12.3. The molecule has 1 amide bonds. The van der Waals surface area contributed by atoms with E-state index in [2.05, 4.69) is 9.80 Å². The molecule has 2 saturated heterocycles. The number of para-hydroxylation sites is 1. The number of carbonyl (C=O) groups is 1. The number of aryl methyl sites for hydroxylation is 1. The molecule has 2 aliphatic heterocycles. The highest BCUT2D eigenvalue weighted by atomic mass is 16.1. The Morgan fingerprint density at radius 3 is 2.62 bits per heavy atom. The Morgan fingerprint density at radius 2 is 1.85 bits per heavy atom. The standard InChI is InChI=1S/C21H28N4O/c1-15-17-9-2-3-10-18(17)23-21(19(15)20(22)26)25-13-5-4-8-16(14-25)24-11-6-7-12-24/h2-3,9-10,16H,4-8,11-14H2,1H3,(H2,22,26). The van der Waals surface area contributed by atoms with Crippen molar-refractivity contribution in [2.75, 3.05) is 31.1 Å². The van der Waals surface area contributed by atoms with Crippen LogP contribution in [0, 0.1) is 6.92 Å². The first-order valence-corrected chi connectivity index (χ1v) is 9.83. The Labute approximate surface area is 155 Å². The molecule has 5 nitrogen and oxygen atoms in total. The molecule has 1 unspecified atom stereocenters. The zero-order valence-electron chi connectivity index (χ0n) is 15.6. The number of hydrogen-bond acceptors (Lipinski definition) is 4. The number of primary amides is 1. The quantitative estimate of drug-likeness (QED) is 0.922. The topological polar surface area (TPSA) is 62.5 Å². The molecule has 2 fully saturated rings. The lowest BCUT2D eigenvalue weighted by molar-refractivity contribution is 0.1000. The second-order valence-corrected chi connectivity index (χ2v) is 7.66. The molecule has 1 aromatic heterocycles. The number of pyridine rings is 1. The molecular formula is C21H28N4O. The van der Waals surface area contributed by atoms with E-state index in [-0.39, 0.29) is 5.91 Å². The minimum absolute atomic E-state index is 0.377. The van der Waals surface area contributed by atoms with Crippen molar-refractivity contribution in [1.29, 1.82) is 0 Å². The van der Waals surface area contributed by atoms with Crippen LogP contribution in [0.15, 0.2) is 24.3 Å². The maximum absolute atomic E-state index is 12.3. The summed E-state index contributed by atoms with van der Waals surface area (Å²) in [5, 5.41) is 1.01. The van der Waals surface area contributed by atoms with Gasteiger partial charge in [-0.15, -0.1) is 0 Å². The highest BCUT2D eigenvalue weighted by molar-refractivity contribution is 6.04. The zero-order chi connectivity index (χ0) is 18.1. The van der Waals surface area contributed by atoms with Crippen LogP contribution in [0.25, 0.3) is 10.9 Å². The minimum atomic E-state index is -0.377. The lowest BCUT2D eigenvalue weighted by Gasteiger charge is -2.32.